The van der Waals surface area contributed by atoms with Crippen molar-refractivity contribution in [3.63, 3.8) is 0 Å². The van der Waals surface area contributed by atoms with E-state index in [0.29, 0.717) is 12.1 Å². The summed E-state index contributed by atoms with van der Waals surface area (Å²) in [6, 6.07) is 13.7. The summed E-state index contributed by atoms with van der Waals surface area (Å²) >= 11 is 0. The van der Waals surface area contributed by atoms with Gasteiger partial charge in [-0.2, -0.15) is 5.10 Å². The fourth-order valence-electron chi connectivity index (χ4n) is 5.55. The predicted molar refractivity (Wildman–Crippen MR) is 135 cm³/mol. The lowest BCUT2D eigenvalue weighted by molar-refractivity contribution is 0.0715. The number of aromatic amines is 1. The molecule has 1 saturated carbocycles. The number of rotatable bonds is 5. The molecule has 2 N–H and O–H groups in total. The lowest BCUT2D eigenvalue weighted by atomic mass is 9.90. The van der Waals surface area contributed by atoms with Gasteiger partial charge in [0.25, 0.3) is 11.8 Å². The number of fused-ring (bicyclic) bond motifs is 2. The Hall–Kier alpha value is -3.41. The van der Waals surface area contributed by atoms with Crippen molar-refractivity contribution in [1.82, 2.24) is 20.4 Å². The minimum atomic E-state index is -0.0909. The van der Waals surface area contributed by atoms with Gasteiger partial charge in [0.1, 0.15) is 0 Å². The number of aromatic nitrogens is 2. The van der Waals surface area contributed by atoms with Crippen molar-refractivity contribution in [2.45, 2.75) is 71.5 Å². The van der Waals surface area contributed by atoms with Gasteiger partial charge in [-0.1, -0.05) is 32.0 Å². The van der Waals surface area contributed by atoms with Gasteiger partial charge in [0.15, 0.2) is 0 Å². The highest BCUT2D eigenvalue weighted by atomic mass is 16.2. The molecule has 0 saturated heterocycles. The molecule has 0 bridgehead atoms. The maximum absolute atomic E-state index is 13.3. The quantitative estimate of drug-likeness (QED) is 0.540. The van der Waals surface area contributed by atoms with Crippen LogP contribution in [-0.4, -0.2) is 32.5 Å². The molecule has 6 nitrogen and oxygen atoms in total. The van der Waals surface area contributed by atoms with Crippen molar-refractivity contribution in [2.24, 2.45) is 5.41 Å². The van der Waals surface area contributed by atoms with Gasteiger partial charge in [-0.05, 0) is 80.3 Å². The zero-order valence-electron chi connectivity index (χ0n) is 20.9. The molecule has 180 valence electrons. The van der Waals surface area contributed by atoms with E-state index in [1.54, 1.807) is 0 Å². The topological polar surface area (TPSA) is 78.1 Å². The predicted octanol–water partition coefficient (Wildman–Crippen LogP) is 5.20. The maximum atomic E-state index is 13.3. The molecule has 0 radical (unpaired) electrons. The van der Waals surface area contributed by atoms with Crippen LogP contribution in [-0.2, 0) is 19.4 Å². The van der Waals surface area contributed by atoms with E-state index in [9.17, 15) is 9.59 Å². The molecule has 2 heterocycles. The summed E-state index contributed by atoms with van der Waals surface area (Å²) in [5.41, 5.74) is 8.33. The average Bonchev–Trinajstić information content (AvgIpc) is 3.12. The van der Waals surface area contributed by atoms with Crippen molar-refractivity contribution >= 4 is 11.8 Å². The highest BCUT2D eigenvalue weighted by Crippen LogP contribution is 2.41. The first kappa shape index (κ1) is 22.1. The summed E-state index contributed by atoms with van der Waals surface area (Å²) in [6.07, 6.45) is 4.10. The van der Waals surface area contributed by atoms with Crippen LogP contribution in [0.2, 0.25) is 0 Å². The number of carbonyl (C=O) groups excluding carboxylic acids is 2. The van der Waals surface area contributed by atoms with Gasteiger partial charge in [0.2, 0.25) is 0 Å². The Morgan fingerprint density at radius 1 is 1.09 bits per heavy atom. The minimum Gasteiger partial charge on any atom is -0.347 e. The molecule has 1 unspecified atom stereocenters. The number of hydrogen-bond donors (Lipinski definition) is 2. The first-order chi connectivity index (χ1) is 16.6. The highest BCUT2D eigenvalue weighted by molar-refractivity contribution is 5.99. The van der Waals surface area contributed by atoms with Gasteiger partial charge in [0, 0.05) is 40.0 Å². The Balaban J connectivity index is 1.20. The molecule has 3 aliphatic rings. The zero-order valence-corrected chi connectivity index (χ0v) is 20.9. The van der Waals surface area contributed by atoms with Gasteiger partial charge in [-0.3, -0.25) is 14.7 Å². The molecule has 3 aromatic rings. The van der Waals surface area contributed by atoms with E-state index < -0.39 is 0 Å². The van der Waals surface area contributed by atoms with Crippen molar-refractivity contribution in [3.05, 3.63) is 76.0 Å². The fourth-order valence-corrected chi connectivity index (χ4v) is 5.55. The van der Waals surface area contributed by atoms with E-state index in [1.165, 1.54) is 11.3 Å². The second kappa shape index (κ2) is 7.54. The highest BCUT2D eigenvalue weighted by Gasteiger charge is 2.39. The van der Waals surface area contributed by atoms with Crippen LogP contribution >= 0.6 is 0 Å². The van der Waals surface area contributed by atoms with Gasteiger partial charge in [0.05, 0.1) is 11.7 Å². The summed E-state index contributed by atoms with van der Waals surface area (Å²) in [6.45, 7) is 9.27. The number of H-pyrrole nitrogens is 1. The third-order valence-electron chi connectivity index (χ3n) is 8.01. The van der Waals surface area contributed by atoms with Crippen LogP contribution in [0.1, 0.15) is 89.7 Å². The zero-order chi connectivity index (χ0) is 24.5. The third kappa shape index (κ3) is 3.85. The average molecular weight is 469 g/mol. The number of carbonyl (C=O) groups is 2. The van der Waals surface area contributed by atoms with E-state index in [-0.39, 0.29) is 28.8 Å². The fraction of sp³-hybridized carbons (Fsp3) is 0.414. The van der Waals surface area contributed by atoms with Gasteiger partial charge in [-0.15, -0.1) is 0 Å². The third-order valence-corrected chi connectivity index (χ3v) is 8.01. The lowest BCUT2D eigenvalue weighted by Gasteiger charge is -2.25. The number of hydrogen-bond acceptors (Lipinski definition) is 3. The van der Waals surface area contributed by atoms with Crippen LogP contribution in [0, 0.1) is 5.41 Å². The summed E-state index contributed by atoms with van der Waals surface area (Å²) in [5, 5.41) is 10.9. The van der Waals surface area contributed by atoms with Crippen molar-refractivity contribution < 1.29 is 9.59 Å². The molecule has 6 rings (SSSR count). The Morgan fingerprint density at radius 3 is 2.54 bits per heavy atom. The summed E-state index contributed by atoms with van der Waals surface area (Å²) in [4.78, 5) is 27.7. The second-order valence-electron chi connectivity index (χ2n) is 11.7. The molecule has 2 aliphatic carbocycles. The molecule has 35 heavy (non-hydrogen) atoms. The van der Waals surface area contributed by atoms with E-state index in [2.05, 4.69) is 42.4 Å². The van der Waals surface area contributed by atoms with Gasteiger partial charge in [-0.25, -0.2) is 0 Å². The monoisotopic (exact) mass is 468 g/mol. The molecule has 1 aliphatic heterocycles. The largest absolute Gasteiger partial charge is 0.347 e. The number of nitrogens with zero attached hydrogens (tertiary/aromatic N) is 2. The molecule has 2 aromatic carbocycles. The molecular weight excluding hydrogens is 436 g/mol. The normalized spacial score (nSPS) is 19.9. The van der Waals surface area contributed by atoms with Gasteiger partial charge >= 0.3 is 0 Å². The van der Waals surface area contributed by atoms with E-state index in [1.807, 2.05) is 48.2 Å². The van der Waals surface area contributed by atoms with Crippen LogP contribution in [0.5, 0.6) is 0 Å². The van der Waals surface area contributed by atoms with Crippen molar-refractivity contribution in [1.29, 1.82) is 0 Å². The Bertz CT molecular complexity index is 1350. The standard InChI is InChI=1S/C29H32N4O2/c1-17(18-5-7-19(8-6-18)26(34)30-29(4)11-12-29)33-16-21-13-20(9-10-22(21)27(33)35)25-23-14-28(2,3)15-24(23)31-32-25/h5-10,13,17H,11-12,14-16H2,1-4H3,(H,30,34)(H,31,32). The summed E-state index contributed by atoms with van der Waals surface area (Å²) in [5.74, 6) is 0.0190. The Labute approximate surface area is 206 Å². The van der Waals surface area contributed by atoms with Gasteiger partial charge < -0.3 is 10.2 Å². The molecule has 6 heteroatoms. The van der Waals surface area contributed by atoms with Crippen molar-refractivity contribution in [3.8, 4) is 11.3 Å². The van der Waals surface area contributed by atoms with E-state index in [4.69, 9.17) is 0 Å². The smallest absolute Gasteiger partial charge is 0.255 e. The van der Waals surface area contributed by atoms with E-state index in [0.717, 1.165) is 53.6 Å². The SMILES string of the molecule is CC(c1ccc(C(=O)NC2(C)CC2)cc1)N1Cc2cc(-c3n[nH]c4c3CC(C)(C)C4)ccc2C1=O. The first-order valence-corrected chi connectivity index (χ1v) is 12.6. The Kier molecular flexibility index (Phi) is 4.76. The molecule has 1 atom stereocenters. The van der Waals surface area contributed by atoms with Crippen LogP contribution in [0.25, 0.3) is 11.3 Å². The van der Waals surface area contributed by atoms with Crippen LogP contribution in [0.4, 0.5) is 0 Å². The summed E-state index contributed by atoms with van der Waals surface area (Å²) < 4.78 is 0. The molecule has 2 amide bonds. The maximum Gasteiger partial charge on any atom is 0.255 e. The first-order valence-electron chi connectivity index (χ1n) is 12.6. The lowest BCUT2D eigenvalue weighted by Crippen LogP contribution is -2.34. The Morgan fingerprint density at radius 2 is 1.83 bits per heavy atom. The van der Waals surface area contributed by atoms with E-state index >= 15 is 0 Å². The molecule has 1 aromatic heterocycles. The molecular formula is C29H32N4O2. The van der Waals surface area contributed by atoms with Crippen LogP contribution in [0.3, 0.4) is 0 Å². The second-order valence-corrected chi connectivity index (χ2v) is 11.7. The molecule has 0 spiro atoms. The van der Waals surface area contributed by atoms with Crippen LogP contribution < -0.4 is 5.32 Å². The number of nitrogens with one attached hydrogen (secondary N) is 2. The number of benzene rings is 2. The molecule has 1 fully saturated rings. The van der Waals surface area contributed by atoms with Crippen LogP contribution in [0.15, 0.2) is 42.5 Å². The minimum absolute atomic E-state index is 0.0328. The van der Waals surface area contributed by atoms with Crippen molar-refractivity contribution in [2.75, 3.05) is 0 Å². The summed E-state index contributed by atoms with van der Waals surface area (Å²) in [7, 11) is 0. The number of amides is 2.